The standard InChI is InChI=1S/C32H34N4O2/c1-19-16-24(10-12-26(19)22-8-5-21(6-9-22)14-15-38-3)30(34)31-29-23(11-13-27(33)32(29)37)17-28(36-31)25-7-4-20(2)35-18-25/h4,7,10-13,16-18,21-22,33-34H,5-6,8-9,14-15H2,1-3H3. The fourth-order valence-electron chi connectivity index (χ4n) is 5.74. The van der Waals surface area contributed by atoms with Crippen molar-refractivity contribution < 1.29 is 9.53 Å². The summed E-state index contributed by atoms with van der Waals surface area (Å²) in [5, 5.41) is 17.2. The number of hydrogen-bond acceptors (Lipinski definition) is 6. The van der Waals surface area contributed by atoms with Crippen LogP contribution >= 0.6 is 0 Å². The molecule has 0 spiro atoms. The predicted octanol–water partition coefficient (Wildman–Crippen LogP) is 6.72. The van der Waals surface area contributed by atoms with Gasteiger partial charge in [0.2, 0.25) is 5.78 Å². The van der Waals surface area contributed by atoms with Crippen LogP contribution in [-0.2, 0) is 4.74 Å². The number of hydrogen-bond donors (Lipinski definition) is 2. The highest BCUT2D eigenvalue weighted by Gasteiger charge is 2.28. The molecule has 0 unspecified atom stereocenters. The number of carbonyl (C=O) groups is 1. The molecule has 3 aromatic rings. The Morgan fingerprint density at radius 2 is 1.84 bits per heavy atom. The molecule has 6 heteroatoms. The molecule has 1 fully saturated rings. The number of nitrogens with zero attached hydrogens (tertiary/aromatic N) is 2. The van der Waals surface area contributed by atoms with Gasteiger partial charge in [-0.3, -0.25) is 20.6 Å². The van der Waals surface area contributed by atoms with Gasteiger partial charge in [-0.1, -0.05) is 18.2 Å². The molecule has 194 valence electrons. The van der Waals surface area contributed by atoms with Crippen molar-refractivity contribution in [3.05, 3.63) is 87.9 Å². The molecule has 0 atom stereocenters. The first kappa shape index (κ1) is 25.9. The smallest absolute Gasteiger partial charge is 0.213 e. The number of ether oxygens (including phenoxy) is 1. The Hall–Kier alpha value is -3.77. The number of allylic oxidation sites excluding steroid dienone is 1. The predicted molar refractivity (Wildman–Crippen MR) is 152 cm³/mol. The largest absolute Gasteiger partial charge is 0.385 e. The van der Waals surface area contributed by atoms with Crippen molar-refractivity contribution in [2.75, 3.05) is 13.7 Å². The second-order valence-electron chi connectivity index (χ2n) is 10.5. The van der Waals surface area contributed by atoms with E-state index < -0.39 is 5.78 Å². The molecular formula is C32H34N4O2. The summed E-state index contributed by atoms with van der Waals surface area (Å²) in [6.07, 6.45) is 11.0. The lowest BCUT2D eigenvalue weighted by Gasteiger charge is -2.29. The molecule has 2 aromatic heterocycles. The number of carbonyl (C=O) groups excluding carboxylic acids is 1. The summed E-state index contributed by atoms with van der Waals surface area (Å²) in [5.74, 6) is 0.881. The number of aromatic nitrogens is 2. The maximum Gasteiger partial charge on any atom is 0.213 e. The zero-order chi connectivity index (χ0) is 26.8. The van der Waals surface area contributed by atoms with Gasteiger partial charge in [0.25, 0.3) is 0 Å². The van der Waals surface area contributed by atoms with Crippen LogP contribution in [0.25, 0.3) is 17.3 Å². The van der Waals surface area contributed by atoms with E-state index >= 15 is 0 Å². The average Bonchev–Trinajstić information content (AvgIpc) is 2.93. The number of rotatable bonds is 7. The van der Waals surface area contributed by atoms with Gasteiger partial charge in [-0.05, 0) is 105 Å². The summed E-state index contributed by atoms with van der Waals surface area (Å²) in [7, 11) is 1.77. The van der Waals surface area contributed by atoms with E-state index in [0.29, 0.717) is 28.4 Å². The Labute approximate surface area is 224 Å². The molecule has 1 saturated carbocycles. The second-order valence-corrected chi connectivity index (χ2v) is 10.5. The van der Waals surface area contributed by atoms with Crippen molar-refractivity contribution >= 4 is 23.3 Å². The van der Waals surface area contributed by atoms with Crippen LogP contribution in [0, 0.1) is 30.6 Å². The molecule has 5 rings (SSSR count). The first-order valence-corrected chi connectivity index (χ1v) is 13.3. The Balaban J connectivity index is 1.47. The van der Waals surface area contributed by atoms with Crippen LogP contribution in [0.4, 0.5) is 0 Å². The van der Waals surface area contributed by atoms with E-state index in [-0.39, 0.29) is 11.4 Å². The van der Waals surface area contributed by atoms with E-state index in [9.17, 15) is 4.79 Å². The Bertz CT molecular complexity index is 1430. The quantitative estimate of drug-likeness (QED) is 0.348. The average molecular weight is 507 g/mol. The van der Waals surface area contributed by atoms with Gasteiger partial charge in [0.1, 0.15) is 11.4 Å². The molecule has 2 N–H and O–H groups in total. The maximum atomic E-state index is 13.1. The molecular weight excluding hydrogens is 472 g/mol. The lowest BCUT2D eigenvalue weighted by Crippen LogP contribution is -2.22. The highest BCUT2D eigenvalue weighted by atomic mass is 16.5. The Morgan fingerprint density at radius 1 is 1.05 bits per heavy atom. The van der Waals surface area contributed by atoms with Gasteiger partial charge >= 0.3 is 0 Å². The lowest BCUT2D eigenvalue weighted by atomic mass is 9.76. The van der Waals surface area contributed by atoms with Crippen molar-refractivity contribution in [1.29, 1.82) is 10.8 Å². The Morgan fingerprint density at radius 3 is 2.53 bits per heavy atom. The summed E-state index contributed by atoms with van der Waals surface area (Å²) in [6, 6.07) is 11.9. The molecule has 0 bridgehead atoms. The fourth-order valence-corrected chi connectivity index (χ4v) is 5.74. The minimum absolute atomic E-state index is 0.0919. The van der Waals surface area contributed by atoms with Crippen molar-refractivity contribution in [2.24, 2.45) is 5.92 Å². The van der Waals surface area contributed by atoms with Gasteiger partial charge < -0.3 is 4.74 Å². The molecule has 6 nitrogen and oxygen atoms in total. The summed E-state index contributed by atoms with van der Waals surface area (Å²) < 4.78 is 5.27. The first-order valence-electron chi connectivity index (χ1n) is 13.3. The summed E-state index contributed by atoms with van der Waals surface area (Å²) >= 11 is 0. The molecule has 0 aliphatic heterocycles. The maximum absolute atomic E-state index is 13.1. The Kier molecular flexibility index (Phi) is 7.43. The molecule has 0 amide bonds. The van der Waals surface area contributed by atoms with Crippen LogP contribution in [0.2, 0.25) is 0 Å². The molecule has 38 heavy (non-hydrogen) atoms. The second kappa shape index (κ2) is 10.9. The summed E-state index contributed by atoms with van der Waals surface area (Å²) in [5.41, 5.74) is 7.02. The number of nitrogens with one attached hydrogen (secondary N) is 2. The number of Topliss-reactive ketones (excluding diaryl/α,β-unsaturated/α-hetero) is 1. The van der Waals surface area contributed by atoms with Gasteiger partial charge in [0.15, 0.2) is 0 Å². The molecule has 0 radical (unpaired) electrons. The third kappa shape index (κ3) is 5.14. The van der Waals surface area contributed by atoms with Crippen LogP contribution in [0.3, 0.4) is 0 Å². The van der Waals surface area contributed by atoms with Gasteiger partial charge in [-0.15, -0.1) is 0 Å². The van der Waals surface area contributed by atoms with Crippen LogP contribution in [-0.4, -0.2) is 40.9 Å². The monoisotopic (exact) mass is 506 g/mol. The number of aryl methyl sites for hydroxylation is 2. The van der Waals surface area contributed by atoms with E-state index in [1.54, 1.807) is 19.4 Å². The molecule has 2 heterocycles. The van der Waals surface area contributed by atoms with Gasteiger partial charge in [0.05, 0.1) is 17.0 Å². The third-order valence-electron chi connectivity index (χ3n) is 7.97. The highest BCUT2D eigenvalue weighted by molar-refractivity contribution is 6.52. The molecule has 1 aromatic carbocycles. The van der Waals surface area contributed by atoms with Crippen molar-refractivity contribution in [1.82, 2.24) is 9.97 Å². The number of pyridine rings is 2. The van der Waals surface area contributed by atoms with Crippen molar-refractivity contribution in [3.8, 4) is 11.3 Å². The fraction of sp³-hybridized carbons (Fsp3) is 0.344. The molecule has 0 saturated heterocycles. The van der Waals surface area contributed by atoms with Crippen molar-refractivity contribution in [3.63, 3.8) is 0 Å². The van der Waals surface area contributed by atoms with Crippen LogP contribution in [0.15, 0.2) is 48.7 Å². The number of methoxy groups -OCH3 is 1. The van der Waals surface area contributed by atoms with E-state index in [2.05, 4.69) is 24.0 Å². The van der Waals surface area contributed by atoms with E-state index in [0.717, 1.165) is 35.8 Å². The van der Waals surface area contributed by atoms with Gasteiger partial charge in [-0.25, -0.2) is 4.98 Å². The molecule has 2 aliphatic carbocycles. The topological polar surface area (TPSA) is 99.8 Å². The number of ketones is 1. The number of fused-ring (bicyclic) bond motifs is 1. The van der Waals surface area contributed by atoms with Crippen LogP contribution in [0.1, 0.15) is 82.0 Å². The zero-order valence-corrected chi connectivity index (χ0v) is 22.3. The van der Waals surface area contributed by atoms with Crippen LogP contribution in [0.5, 0.6) is 0 Å². The SMILES string of the molecule is COCCC1CCC(c2ccc(C(=N)c3nc(-c4ccc(C)nc4)cc4c3C(=O)C(=N)C=C4)cc2C)CC1. The minimum Gasteiger partial charge on any atom is -0.385 e. The van der Waals surface area contributed by atoms with Crippen LogP contribution < -0.4 is 0 Å². The van der Waals surface area contributed by atoms with Gasteiger partial charge in [0, 0.05) is 36.7 Å². The van der Waals surface area contributed by atoms with E-state index in [4.69, 9.17) is 20.5 Å². The van der Waals surface area contributed by atoms with Crippen molar-refractivity contribution in [2.45, 2.75) is 51.9 Å². The minimum atomic E-state index is -0.401. The number of benzene rings is 1. The molecule has 2 aliphatic rings. The van der Waals surface area contributed by atoms with E-state index in [1.807, 2.05) is 31.2 Å². The summed E-state index contributed by atoms with van der Waals surface area (Å²) in [4.78, 5) is 22.2. The lowest BCUT2D eigenvalue weighted by molar-refractivity contribution is 0.106. The summed E-state index contributed by atoms with van der Waals surface area (Å²) in [6.45, 7) is 4.88. The third-order valence-corrected chi connectivity index (χ3v) is 7.97. The normalized spacial score (nSPS) is 18.9. The van der Waals surface area contributed by atoms with E-state index in [1.165, 1.54) is 42.9 Å². The highest BCUT2D eigenvalue weighted by Crippen LogP contribution is 2.38. The first-order chi connectivity index (χ1) is 18.4. The van der Waals surface area contributed by atoms with Gasteiger partial charge in [-0.2, -0.15) is 0 Å². The zero-order valence-electron chi connectivity index (χ0n) is 22.3.